The Morgan fingerprint density at radius 2 is 2.14 bits per heavy atom. The van der Waals surface area contributed by atoms with E-state index in [1.54, 1.807) is 11.0 Å². The molecule has 1 heterocycles. The third-order valence-electron chi connectivity index (χ3n) is 2.20. The lowest BCUT2D eigenvalue weighted by molar-refractivity contribution is 0.140. The molecule has 14 heavy (non-hydrogen) atoms. The maximum atomic E-state index is 11.4. The second kappa shape index (κ2) is 3.57. The summed E-state index contributed by atoms with van der Waals surface area (Å²) in [5, 5.41) is 0. The number of nitrogen functional groups attached to an aromatic ring is 1. The van der Waals surface area contributed by atoms with Gasteiger partial charge in [-0.15, -0.1) is 0 Å². The van der Waals surface area contributed by atoms with E-state index in [0.29, 0.717) is 18.8 Å². The predicted molar refractivity (Wildman–Crippen MR) is 54.2 cm³/mol. The smallest absolute Gasteiger partial charge is 0.414 e. The van der Waals surface area contributed by atoms with Crippen LogP contribution in [0.15, 0.2) is 24.3 Å². The first kappa shape index (κ1) is 8.87. The first-order chi connectivity index (χ1) is 6.79. The van der Waals surface area contributed by atoms with E-state index in [1.165, 1.54) is 0 Å². The topological polar surface area (TPSA) is 55.6 Å². The number of amides is 1. The number of ether oxygens (including phenoxy) is 1. The SMILES string of the molecule is Nc1ccccc1N1CCCOC1=O. The van der Waals surface area contributed by atoms with Crippen LogP contribution in [0.2, 0.25) is 0 Å². The number of nitrogens with two attached hydrogens (primary N) is 1. The largest absolute Gasteiger partial charge is 0.449 e. The van der Waals surface area contributed by atoms with Gasteiger partial charge in [0, 0.05) is 6.54 Å². The van der Waals surface area contributed by atoms with Gasteiger partial charge in [0.15, 0.2) is 0 Å². The predicted octanol–water partition coefficient (Wildman–Crippen LogP) is 1.62. The number of hydrogen-bond acceptors (Lipinski definition) is 3. The molecule has 2 rings (SSSR count). The second-order valence-corrected chi connectivity index (χ2v) is 3.18. The van der Waals surface area contributed by atoms with Gasteiger partial charge < -0.3 is 10.5 Å². The molecular weight excluding hydrogens is 180 g/mol. The number of anilines is 2. The Balaban J connectivity index is 2.29. The van der Waals surface area contributed by atoms with Crippen LogP contribution in [-0.4, -0.2) is 19.2 Å². The quantitative estimate of drug-likeness (QED) is 0.688. The van der Waals surface area contributed by atoms with Crippen LogP contribution >= 0.6 is 0 Å². The van der Waals surface area contributed by atoms with E-state index in [-0.39, 0.29) is 6.09 Å². The van der Waals surface area contributed by atoms with Crippen molar-refractivity contribution in [3.63, 3.8) is 0 Å². The van der Waals surface area contributed by atoms with Crippen molar-refractivity contribution in [1.82, 2.24) is 0 Å². The van der Waals surface area contributed by atoms with Crippen LogP contribution in [0.5, 0.6) is 0 Å². The molecule has 0 unspecified atom stereocenters. The highest BCUT2D eigenvalue weighted by Gasteiger charge is 2.22. The Bertz CT molecular complexity index is 352. The molecule has 1 aromatic carbocycles. The Morgan fingerprint density at radius 1 is 1.36 bits per heavy atom. The normalized spacial score (nSPS) is 16.6. The summed E-state index contributed by atoms with van der Waals surface area (Å²) in [6, 6.07) is 7.29. The minimum Gasteiger partial charge on any atom is -0.449 e. The molecule has 0 aliphatic carbocycles. The molecule has 2 N–H and O–H groups in total. The lowest BCUT2D eigenvalue weighted by atomic mass is 10.2. The van der Waals surface area contributed by atoms with Gasteiger partial charge in [-0.3, -0.25) is 4.90 Å². The fourth-order valence-electron chi connectivity index (χ4n) is 1.50. The number of hydrogen-bond donors (Lipinski definition) is 1. The fraction of sp³-hybridized carbons (Fsp3) is 0.300. The third kappa shape index (κ3) is 1.51. The zero-order chi connectivity index (χ0) is 9.97. The molecule has 0 radical (unpaired) electrons. The third-order valence-corrected chi connectivity index (χ3v) is 2.20. The summed E-state index contributed by atoms with van der Waals surface area (Å²) in [5.74, 6) is 0. The van der Waals surface area contributed by atoms with Crippen molar-refractivity contribution in [2.24, 2.45) is 0 Å². The highest BCUT2D eigenvalue weighted by Crippen LogP contribution is 2.24. The van der Waals surface area contributed by atoms with Crippen LogP contribution < -0.4 is 10.6 Å². The summed E-state index contributed by atoms with van der Waals surface area (Å²) in [6.45, 7) is 1.18. The number of carbonyl (C=O) groups excluding carboxylic acids is 1. The van der Waals surface area contributed by atoms with Crippen LogP contribution in [-0.2, 0) is 4.74 Å². The zero-order valence-electron chi connectivity index (χ0n) is 7.77. The van der Waals surface area contributed by atoms with Gasteiger partial charge in [0.25, 0.3) is 0 Å². The van der Waals surface area contributed by atoms with Crippen LogP contribution in [0.1, 0.15) is 6.42 Å². The molecular formula is C10H12N2O2. The van der Waals surface area contributed by atoms with Crippen molar-refractivity contribution < 1.29 is 9.53 Å². The number of benzene rings is 1. The number of carbonyl (C=O) groups is 1. The van der Waals surface area contributed by atoms with E-state index in [1.807, 2.05) is 18.2 Å². The Morgan fingerprint density at radius 3 is 2.86 bits per heavy atom. The van der Waals surface area contributed by atoms with Gasteiger partial charge in [0.05, 0.1) is 18.0 Å². The van der Waals surface area contributed by atoms with E-state index < -0.39 is 0 Å². The molecule has 1 aliphatic rings. The van der Waals surface area contributed by atoms with Gasteiger partial charge in [0.2, 0.25) is 0 Å². The molecule has 0 atom stereocenters. The Kier molecular flexibility index (Phi) is 2.26. The van der Waals surface area contributed by atoms with Gasteiger partial charge in [-0.05, 0) is 18.6 Å². The van der Waals surface area contributed by atoms with E-state index >= 15 is 0 Å². The molecule has 1 aromatic rings. The summed E-state index contributed by atoms with van der Waals surface area (Å²) in [5.41, 5.74) is 7.10. The standard InChI is InChI=1S/C10H12N2O2/c11-8-4-1-2-5-9(8)12-6-3-7-14-10(12)13/h1-2,4-5H,3,6-7,11H2. The van der Waals surface area contributed by atoms with Crippen LogP contribution in [0.3, 0.4) is 0 Å². The van der Waals surface area contributed by atoms with Gasteiger partial charge in [0.1, 0.15) is 0 Å². The first-order valence-electron chi connectivity index (χ1n) is 4.58. The molecule has 0 bridgehead atoms. The Hall–Kier alpha value is -1.71. The highest BCUT2D eigenvalue weighted by molar-refractivity contribution is 5.91. The Labute approximate surface area is 82.3 Å². The first-order valence-corrected chi connectivity index (χ1v) is 4.58. The second-order valence-electron chi connectivity index (χ2n) is 3.18. The van der Waals surface area contributed by atoms with Crippen molar-refractivity contribution >= 4 is 17.5 Å². The molecule has 1 amide bonds. The van der Waals surface area contributed by atoms with Gasteiger partial charge in [-0.2, -0.15) is 0 Å². The molecule has 1 fully saturated rings. The van der Waals surface area contributed by atoms with Crippen LogP contribution in [0.4, 0.5) is 16.2 Å². The average molecular weight is 192 g/mol. The van der Waals surface area contributed by atoms with Crippen molar-refractivity contribution in [3.8, 4) is 0 Å². The number of cyclic esters (lactones) is 1. The lowest BCUT2D eigenvalue weighted by Gasteiger charge is -2.27. The van der Waals surface area contributed by atoms with Crippen LogP contribution in [0, 0.1) is 0 Å². The number of nitrogens with zero attached hydrogens (tertiary/aromatic N) is 1. The van der Waals surface area contributed by atoms with Crippen molar-refractivity contribution in [1.29, 1.82) is 0 Å². The van der Waals surface area contributed by atoms with Crippen molar-refractivity contribution in [2.45, 2.75) is 6.42 Å². The minimum absolute atomic E-state index is 0.311. The molecule has 0 saturated carbocycles. The summed E-state index contributed by atoms with van der Waals surface area (Å²) in [7, 11) is 0. The fourth-order valence-corrected chi connectivity index (χ4v) is 1.50. The molecule has 0 spiro atoms. The maximum absolute atomic E-state index is 11.4. The highest BCUT2D eigenvalue weighted by atomic mass is 16.6. The number of para-hydroxylation sites is 2. The van der Waals surface area contributed by atoms with Gasteiger partial charge >= 0.3 is 6.09 Å². The zero-order valence-corrected chi connectivity index (χ0v) is 7.77. The average Bonchev–Trinajstić information content (AvgIpc) is 2.20. The monoisotopic (exact) mass is 192 g/mol. The maximum Gasteiger partial charge on any atom is 0.414 e. The van der Waals surface area contributed by atoms with E-state index in [2.05, 4.69) is 0 Å². The molecule has 1 aliphatic heterocycles. The summed E-state index contributed by atoms with van der Waals surface area (Å²) >= 11 is 0. The summed E-state index contributed by atoms with van der Waals surface area (Å²) < 4.78 is 4.93. The number of rotatable bonds is 1. The van der Waals surface area contributed by atoms with E-state index in [4.69, 9.17) is 10.5 Å². The molecule has 1 saturated heterocycles. The molecule has 4 nitrogen and oxygen atoms in total. The molecule has 74 valence electrons. The minimum atomic E-state index is -0.311. The van der Waals surface area contributed by atoms with Crippen molar-refractivity contribution in [3.05, 3.63) is 24.3 Å². The van der Waals surface area contributed by atoms with E-state index in [9.17, 15) is 4.79 Å². The molecule has 0 aromatic heterocycles. The summed E-state index contributed by atoms with van der Waals surface area (Å²) in [6.07, 6.45) is 0.536. The summed E-state index contributed by atoms with van der Waals surface area (Å²) in [4.78, 5) is 13.0. The van der Waals surface area contributed by atoms with Gasteiger partial charge in [-0.25, -0.2) is 4.79 Å². The van der Waals surface area contributed by atoms with E-state index in [0.717, 1.165) is 12.1 Å². The van der Waals surface area contributed by atoms with Gasteiger partial charge in [-0.1, -0.05) is 12.1 Å². The lowest BCUT2D eigenvalue weighted by Crippen LogP contribution is -2.38. The van der Waals surface area contributed by atoms with Crippen LogP contribution in [0.25, 0.3) is 0 Å². The molecule has 4 heteroatoms. The van der Waals surface area contributed by atoms with Crippen molar-refractivity contribution in [2.75, 3.05) is 23.8 Å².